The number of rotatable bonds is 8. The van der Waals surface area contributed by atoms with Crippen molar-refractivity contribution < 1.29 is 14.7 Å². The Morgan fingerprint density at radius 3 is 2.38 bits per heavy atom. The van der Waals surface area contributed by atoms with Crippen molar-refractivity contribution >= 4 is 11.9 Å². The molecule has 2 atom stereocenters. The van der Waals surface area contributed by atoms with Crippen LogP contribution < -0.4 is 5.32 Å². The van der Waals surface area contributed by atoms with E-state index in [1.807, 2.05) is 6.92 Å². The predicted molar refractivity (Wildman–Crippen MR) is 63.2 cm³/mol. The van der Waals surface area contributed by atoms with Gasteiger partial charge in [0, 0.05) is 12.0 Å². The Kier molecular flexibility index (Phi) is 7.60. The van der Waals surface area contributed by atoms with Crippen LogP contribution >= 0.6 is 0 Å². The summed E-state index contributed by atoms with van der Waals surface area (Å²) < 4.78 is 0. The van der Waals surface area contributed by atoms with Crippen molar-refractivity contribution in [2.45, 2.75) is 58.9 Å². The molecule has 0 radical (unpaired) electrons. The maximum absolute atomic E-state index is 11.8. The standard InChI is InChI=1S/C12H23NO3/c1-4-6-7-10(5-2)12(16)13-9(3)8-11(14)15/h9-10H,4-8H2,1-3H3,(H,13,16)(H,14,15)/t9-,10+/m1/s1. The molecule has 0 spiro atoms. The topological polar surface area (TPSA) is 66.4 Å². The van der Waals surface area contributed by atoms with Gasteiger partial charge in [0.05, 0.1) is 6.42 Å². The van der Waals surface area contributed by atoms with E-state index in [0.29, 0.717) is 0 Å². The van der Waals surface area contributed by atoms with Gasteiger partial charge in [-0.1, -0.05) is 26.7 Å². The summed E-state index contributed by atoms with van der Waals surface area (Å²) in [6.45, 7) is 5.80. The van der Waals surface area contributed by atoms with E-state index in [9.17, 15) is 9.59 Å². The van der Waals surface area contributed by atoms with E-state index >= 15 is 0 Å². The van der Waals surface area contributed by atoms with Crippen molar-refractivity contribution in [2.24, 2.45) is 5.92 Å². The van der Waals surface area contributed by atoms with Gasteiger partial charge in [-0.05, 0) is 19.8 Å². The molecule has 4 heteroatoms. The molecule has 0 heterocycles. The van der Waals surface area contributed by atoms with Gasteiger partial charge in [0.2, 0.25) is 5.91 Å². The van der Waals surface area contributed by atoms with E-state index in [1.165, 1.54) is 0 Å². The van der Waals surface area contributed by atoms with Crippen LogP contribution in [0.2, 0.25) is 0 Å². The summed E-state index contributed by atoms with van der Waals surface area (Å²) >= 11 is 0. The maximum atomic E-state index is 11.8. The Bertz CT molecular complexity index is 228. The molecule has 0 aliphatic rings. The van der Waals surface area contributed by atoms with Gasteiger partial charge in [-0.2, -0.15) is 0 Å². The van der Waals surface area contributed by atoms with Crippen LogP contribution in [0.4, 0.5) is 0 Å². The average molecular weight is 229 g/mol. The third kappa shape index (κ3) is 6.43. The lowest BCUT2D eigenvalue weighted by Crippen LogP contribution is -2.38. The molecular weight excluding hydrogens is 206 g/mol. The summed E-state index contributed by atoms with van der Waals surface area (Å²) in [5, 5.41) is 11.3. The van der Waals surface area contributed by atoms with Crippen molar-refractivity contribution in [3.8, 4) is 0 Å². The van der Waals surface area contributed by atoms with E-state index in [4.69, 9.17) is 5.11 Å². The van der Waals surface area contributed by atoms with Crippen LogP contribution in [-0.4, -0.2) is 23.0 Å². The number of nitrogens with one attached hydrogen (secondary N) is 1. The highest BCUT2D eigenvalue weighted by Gasteiger charge is 2.18. The van der Waals surface area contributed by atoms with Crippen LogP contribution in [0.5, 0.6) is 0 Å². The molecule has 4 nitrogen and oxygen atoms in total. The molecule has 0 saturated carbocycles. The summed E-state index contributed by atoms with van der Waals surface area (Å²) in [4.78, 5) is 22.2. The molecule has 16 heavy (non-hydrogen) atoms. The third-order valence-corrected chi connectivity index (χ3v) is 2.64. The molecule has 0 aromatic rings. The molecule has 0 aromatic heterocycles. The van der Waals surface area contributed by atoms with E-state index in [2.05, 4.69) is 12.2 Å². The first-order valence-corrected chi connectivity index (χ1v) is 6.03. The van der Waals surface area contributed by atoms with Gasteiger partial charge in [0.25, 0.3) is 0 Å². The van der Waals surface area contributed by atoms with Crippen molar-refractivity contribution in [3.63, 3.8) is 0 Å². The Balaban J connectivity index is 4.04. The number of aliphatic carboxylic acids is 1. The molecule has 2 N–H and O–H groups in total. The molecule has 0 rings (SSSR count). The minimum Gasteiger partial charge on any atom is -0.481 e. The molecule has 0 aliphatic heterocycles. The van der Waals surface area contributed by atoms with Crippen LogP contribution in [0, 0.1) is 5.92 Å². The lowest BCUT2D eigenvalue weighted by Gasteiger charge is -2.18. The van der Waals surface area contributed by atoms with E-state index < -0.39 is 5.97 Å². The maximum Gasteiger partial charge on any atom is 0.305 e. The molecule has 0 saturated heterocycles. The van der Waals surface area contributed by atoms with Crippen molar-refractivity contribution in [1.29, 1.82) is 0 Å². The Morgan fingerprint density at radius 1 is 1.31 bits per heavy atom. The van der Waals surface area contributed by atoms with Gasteiger partial charge in [-0.3, -0.25) is 9.59 Å². The molecule has 0 aromatic carbocycles. The fourth-order valence-corrected chi connectivity index (χ4v) is 1.64. The number of hydrogen-bond donors (Lipinski definition) is 2. The third-order valence-electron chi connectivity index (χ3n) is 2.64. The van der Waals surface area contributed by atoms with Crippen molar-refractivity contribution in [1.82, 2.24) is 5.32 Å². The summed E-state index contributed by atoms with van der Waals surface area (Å²) in [6, 6.07) is -0.291. The highest BCUT2D eigenvalue weighted by molar-refractivity contribution is 5.79. The van der Waals surface area contributed by atoms with Gasteiger partial charge in [0.1, 0.15) is 0 Å². The zero-order valence-corrected chi connectivity index (χ0v) is 10.5. The first-order valence-electron chi connectivity index (χ1n) is 6.03. The van der Waals surface area contributed by atoms with Crippen molar-refractivity contribution in [2.75, 3.05) is 0 Å². The molecule has 0 fully saturated rings. The average Bonchev–Trinajstić information content (AvgIpc) is 2.17. The number of carboxylic acids is 1. The number of hydrogen-bond acceptors (Lipinski definition) is 2. The second-order valence-electron chi connectivity index (χ2n) is 4.25. The number of carboxylic acid groups (broad SMARTS) is 1. The van der Waals surface area contributed by atoms with Crippen LogP contribution in [0.15, 0.2) is 0 Å². The first kappa shape index (κ1) is 14.9. The SMILES string of the molecule is CCCC[C@H](CC)C(=O)N[C@H](C)CC(=O)O. The van der Waals surface area contributed by atoms with Crippen LogP contribution in [0.3, 0.4) is 0 Å². The normalized spacial score (nSPS) is 14.2. The second-order valence-corrected chi connectivity index (χ2v) is 4.25. The molecule has 0 bridgehead atoms. The molecule has 1 amide bonds. The number of amides is 1. The van der Waals surface area contributed by atoms with Crippen LogP contribution in [0.25, 0.3) is 0 Å². The minimum atomic E-state index is -0.880. The molecular formula is C12H23NO3. The van der Waals surface area contributed by atoms with Crippen molar-refractivity contribution in [3.05, 3.63) is 0 Å². The Labute approximate surface area is 97.4 Å². The van der Waals surface area contributed by atoms with Crippen LogP contribution in [-0.2, 0) is 9.59 Å². The molecule has 0 aliphatic carbocycles. The van der Waals surface area contributed by atoms with E-state index in [-0.39, 0.29) is 24.3 Å². The van der Waals surface area contributed by atoms with Gasteiger partial charge >= 0.3 is 5.97 Å². The summed E-state index contributed by atoms with van der Waals surface area (Å²) in [7, 11) is 0. The van der Waals surface area contributed by atoms with Crippen LogP contribution in [0.1, 0.15) is 52.9 Å². The molecule has 0 unspecified atom stereocenters. The lowest BCUT2D eigenvalue weighted by atomic mass is 9.98. The van der Waals surface area contributed by atoms with Gasteiger partial charge in [0.15, 0.2) is 0 Å². The Morgan fingerprint density at radius 2 is 1.94 bits per heavy atom. The highest BCUT2D eigenvalue weighted by atomic mass is 16.4. The first-order chi connectivity index (χ1) is 7.51. The highest BCUT2D eigenvalue weighted by Crippen LogP contribution is 2.13. The monoisotopic (exact) mass is 229 g/mol. The second kappa shape index (κ2) is 8.13. The molecule has 94 valence electrons. The summed E-state index contributed by atoms with van der Waals surface area (Å²) in [5.41, 5.74) is 0. The van der Waals surface area contributed by atoms with E-state index in [0.717, 1.165) is 25.7 Å². The fraction of sp³-hybridized carbons (Fsp3) is 0.833. The number of unbranched alkanes of at least 4 members (excludes halogenated alkanes) is 1. The lowest BCUT2D eigenvalue weighted by molar-refractivity contribution is -0.137. The van der Waals surface area contributed by atoms with Gasteiger partial charge < -0.3 is 10.4 Å². The number of carbonyl (C=O) groups is 2. The predicted octanol–water partition coefficient (Wildman–Crippen LogP) is 2.18. The van der Waals surface area contributed by atoms with Gasteiger partial charge in [-0.25, -0.2) is 0 Å². The number of carbonyl (C=O) groups excluding carboxylic acids is 1. The van der Waals surface area contributed by atoms with Gasteiger partial charge in [-0.15, -0.1) is 0 Å². The largest absolute Gasteiger partial charge is 0.481 e. The zero-order valence-electron chi connectivity index (χ0n) is 10.5. The zero-order chi connectivity index (χ0) is 12.6. The smallest absolute Gasteiger partial charge is 0.305 e. The summed E-state index contributed by atoms with van der Waals surface area (Å²) in [5.74, 6) is -0.865. The fourth-order valence-electron chi connectivity index (χ4n) is 1.64. The Hall–Kier alpha value is -1.06. The van der Waals surface area contributed by atoms with E-state index in [1.54, 1.807) is 6.92 Å². The minimum absolute atomic E-state index is 0.00954. The summed E-state index contributed by atoms with van der Waals surface area (Å²) in [6.07, 6.45) is 3.80. The quantitative estimate of drug-likeness (QED) is 0.670.